The summed E-state index contributed by atoms with van der Waals surface area (Å²) >= 11 is 0. The second kappa shape index (κ2) is 3.33. The van der Waals surface area contributed by atoms with E-state index in [-0.39, 0.29) is 0 Å². The van der Waals surface area contributed by atoms with Crippen LogP contribution in [0.4, 0.5) is 0 Å². The van der Waals surface area contributed by atoms with Gasteiger partial charge in [0.05, 0.1) is 0 Å². The van der Waals surface area contributed by atoms with Crippen LogP contribution in [0.1, 0.15) is 6.92 Å². The summed E-state index contributed by atoms with van der Waals surface area (Å²) in [4.78, 5) is 19.2. The molecule has 3 nitrogen and oxygen atoms in total. The van der Waals surface area contributed by atoms with Crippen LogP contribution in [0.15, 0.2) is 0 Å². The van der Waals surface area contributed by atoms with Crippen molar-refractivity contribution in [3.8, 4) is 0 Å². The Morgan fingerprint density at radius 1 is 1.86 bits per heavy atom. The molecular formula is C4H6NO2. The van der Waals surface area contributed by atoms with Crippen LogP contribution in [0.2, 0.25) is 0 Å². The fraction of sp³-hybridized carbons (Fsp3) is 0.500. The highest BCUT2D eigenvalue weighted by Crippen LogP contribution is 1.52. The van der Waals surface area contributed by atoms with E-state index in [4.69, 9.17) is 0 Å². The summed E-state index contributed by atoms with van der Waals surface area (Å²) in [7, 11) is 0. The molecule has 0 aliphatic heterocycles. The van der Waals surface area contributed by atoms with E-state index >= 15 is 0 Å². The van der Waals surface area contributed by atoms with Crippen molar-refractivity contribution < 1.29 is 9.59 Å². The Morgan fingerprint density at radius 3 is 2.57 bits per heavy atom. The summed E-state index contributed by atoms with van der Waals surface area (Å²) in [5, 5.41) is 2.23. The summed E-state index contributed by atoms with van der Waals surface area (Å²) in [5.74, 6) is -0.678. The molecule has 7 heavy (non-hydrogen) atoms. The molecule has 0 aromatic heterocycles. The zero-order valence-corrected chi connectivity index (χ0v) is 4.02. The monoisotopic (exact) mass is 100 g/mol. The van der Waals surface area contributed by atoms with E-state index in [0.717, 1.165) is 0 Å². The number of amides is 1. The maximum atomic E-state index is 9.88. The zero-order chi connectivity index (χ0) is 5.70. The molecule has 0 heterocycles. The second-order valence-corrected chi connectivity index (χ2v) is 0.962. The number of nitrogens with one attached hydrogen (secondary N) is 1. The molecule has 3 heteroatoms. The minimum absolute atomic E-state index is 0.480. The molecule has 0 unspecified atom stereocenters. The van der Waals surface area contributed by atoms with Crippen molar-refractivity contribution in [1.29, 1.82) is 0 Å². The number of carbonyl (C=O) groups is 1. The van der Waals surface area contributed by atoms with Gasteiger partial charge in [-0.1, -0.05) is 0 Å². The predicted octanol–water partition coefficient (Wildman–Crippen LogP) is -0.768. The third-order valence-corrected chi connectivity index (χ3v) is 0.430. The smallest absolute Gasteiger partial charge is 0.296 e. The van der Waals surface area contributed by atoms with Crippen LogP contribution in [0.25, 0.3) is 0 Å². The molecule has 1 amide bonds. The van der Waals surface area contributed by atoms with Gasteiger partial charge in [-0.2, -0.15) is 0 Å². The van der Waals surface area contributed by atoms with Gasteiger partial charge in [-0.15, -0.1) is 0 Å². The Hall–Kier alpha value is -0.860. The maximum Gasteiger partial charge on any atom is 0.296 e. The summed E-state index contributed by atoms with van der Waals surface area (Å²) in [5.41, 5.74) is 0. The second-order valence-electron chi connectivity index (χ2n) is 0.962. The highest BCUT2D eigenvalue weighted by atomic mass is 16.2. The molecule has 0 atom stereocenters. The summed E-state index contributed by atoms with van der Waals surface area (Å²) in [6.07, 6.45) is 1.17. The lowest BCUT2D eigenvalue weighted by atomic mass is 10.6. The molecular weight excluding hydrogens is 94.0 g/mol. The third kappa shape index (κ3) is 2.96. The van der Waals surface area contributed by atoms with Gasteiger partial charge < -0.3 is 5.32 Å². The Labute approximate surface area is 41.7 Å². The van der Waals surface area contributed by atoms with Gasteiger partial charge in [0.25, 0.3) is 12.2 Å². The van der Waals surface area contributed by atoms with Gasteiger partial charge in [0, 0.05) is 6.54 Å². The van der Waals surface area contributed by atoms with Crippen molar-refractivity contribution in [1.82, 2.24) is 5.32 Å². The minimum atomic E-state index is -0.678. The molecule has 1 radical (unpaired) electrons. The van der Waals surface area contributed by atoms with Crippen LogP contribution >= 0.6 is 0 Å². The molecule has 0 aliphatic carbocycles. The van der Waals surface area contributed by atoms with Crippen molar-refractivity contribution in [2.45, 2.75) is 6.92 Å². The molecule has 1 N–H and O–H groups in total. The average Bonchev–Trinajstić information content (AvgIpc) is 1.68. The molecule has 0 rings (SSSR count). The molecule has 0 aliphatic rings. The quantitative estimate of drug-likeness (QED) is 0.463. The predicted molar refractivity (Wildman–Crippen MR) is 24.4 cm³/mol. The van der Waals surface area contributed by atoms with Gasteiger partial charge in [0.1, 0.15) is 0 Å². The molecule has 0 fully saturated rings. The normalized spacial score (nSPS) is 7.57. The molecule has 0 saturated carbocycles. The van der Waals surface area contributed by atoms with E-state index in [1.165, 1.54) is 6.29 Å². The molecule has 0 saturated heterocycles. The number of carbonyl (C=O) groups excluding carboxylic acids is 2. The van der Waals surface area contributed by atoms with Crippen molar-refractivity contribution in [3.05, 3.63) is 0 Å². The molecule has 0 aromatic carbocycles. The number of hydrogen-bond donors (Lipinski definition) is 1. The number of rotatable bonds is 2. The largest absolute Gasteiger partial charge is 0.349 e. The Kier molecular flexibility index (Phi) is 2.92. The minimum Gasteiger partial charge on any atom is -0.349 e. The average molecular weight is 100 g/mol. The first kappa shape index (κ1) is 6.14. The first-order valence-electron chi connectivity index (χ1n) is 1.97. The number of hydrogen-bond acceptors (Lipinski definition) is 2. The fourth-order valence-corrected chi connectivity index (χ4v) is 0.197. The van der Waals surface area contributed by atoms with Crippen LogP contribution in [-0.2, 0) is 9.59 Å². The lowest BCUT2D eigenvalue weighted by molar-refractivity contribution is -0.114. The first-order chi connectivity index (χ1) is 3.31. The fourth-order valence-electron chi connectivity index (χ4n) is 0.197. The van der Waals surface area contributed by atoms with E-state index in [1.54, 1.807) is 6.92 Å². The lowest BCUT2D eigenvalue weighted by Crippen LogP contribution is -2.22. The van der Waals surface area contributed by atoms with Gasteiger partial charge in [0.15, 0.2) is 0 Å². The zero-order valence-electron chi connectivity index (χ0n) is 4.02. The molecule has 0 bridgehead atoms. The van der Waals surface area contributed by atoms with Gasteiger partial charge in [-0.3, -0.25) is 9.59 Å². The van der Waals surface area contributed by atoms with E-state index in [0.29, 0.717) is 6.54 Å². The van der Waals surface area contributed by atoms with Crippen molar-refractivity contribution in [3.63, 3.8) is 0 Å². The van der Waals surface area contributed by atoms with Crippen molar-refractivity contribution >= 4 is 12.2 Å². The van der Waals surface area contributed by atoms with Gasteiger partial charge in [-0.25, -0.2) is 0 Å². The summed E-state index contributed by atoms with van der Waals surface area (Å²) in [6, 6.07) is 0. The molecule has 0 spiro atoms. The SMILES string of the molecule is CCNC(=O)[C]=O. The van der Waals surface area contributed by atoms with Crippen LogP contribution in [0, 0.1) is 0 Å². The van der Waals surface area contributed by atoms with E-state index < -0.39 is 5.91 Å². The Balaban J connectivity index is 3.17. The Bertz CT molecular complexity index is 79.8. The topological polar surface area (TPSA) is 46.2 Å². The van der Waals surface area contributed by atoms with E-state index in [1.807, 2.05) is 0 Å². The van der Waals surface area contributed by atoms with Gasteiger partial charge >= 0.3 is 0 Å². The Morgan fingerprint density at radius 2 is 2.43 bits per heavy atom. The van der Waals surface area contributed by atoms with Gasteiger partial charge in [-0.05, 0) is 6.92 Å². The van der Waals surface area contributed by atoms with E-state index in [9.17, 15) is 9.59 Å². The van der Waals surface area contributed by atoms with Crippen LogP contribution in [0.5, 0.6) is 0 Å². The standard InChI is InChI=1S/C4H6NO2/c1-2-5-4(7)3-6/h2H2,1H3,(H,5,7). The van der Waals surface area contributed by atoms with Crippen molar-refractivity contribution in [2.24, 2.45) is 0 Å². The first-order valence-corrected chi connectivity index (χ1v) is 1.97. The number of likely N-dealkylation sites (N-methyl/N-ethyl adjacent to an activating group) is 1. The lowest BCUT2D eigenvalue weighted by Gasteiger charge is -1.86. The molecule has 0 aromatic rings. The van der Waals surface area contributed by atoms with E-state index in [2.05, 4.69) is 5.32 Å². The maximum absolute atomic E-state index is 9.88. The summed E-state index contributed by atoms with van der Waals surface area (Å²) < 4.78 is 0. The highest BCUT2D eigenvalue weighted by molar-refractivity contribution is 6.23. The molecule has 39 valence electrons. The van der Waals surface area contributed by atoms with Crippen LogP contribution < -0.4 is 5.32 Å². The van der Waals surface area contributed by atoms with Gasteiger partial charge in [0.2, 0.25) is 0 Å². The van der Waals surface area contributed by atoms with Crippen LogP contribution in [-0.4, -0.2) is 18.7 Å². The summed E-state index contributed by atoms with van der Waals surface area (Å²) in [6.45, 7) is 2.21. The van der Waals surface area contributed by atoms with Crippen molar-refractivity contribution in [2.75, 3.05) is 6.54 Å². The third-order valence-electron chi connectivity index (χ3n) is 0.430. The highest BCUT2D eigenvalue weighted by Gasteiger charge is 1.91. The van der Waals surface area contributed by atoms with Crippen LogP contribution in [0.3, 0.4) is 0 Å².